The zero-order chi connectivity index (χ0) is 17.9. The lowest BCUT2D eigenvalue weighted by atomic mass is 9.95. The highest BCUT2D eigenvalue weighted by Gasteiger charge is 2.39. The quantitative estimate of drug-likeness (QED) is 0.626. The molecule has 2 N–H and O–H groups in total. The molecule has 0 fully saturated rings. The van der Waals surface area contributed by atoms with Crippen LogP contribution in [0.25, 0.3) is 6.08 Å². The minimum absolute atomic E-state index is 0.126. The van der Waals surface area contributed by atoms with Crippen LogP contribution in [0.1, 0.15) is 28.2 Å². The van der Waals surface area contributed by atoms with Crippen LogP contribution in [-0.4, -0.2) is 6.18 Å². The summed E-state index contributed by atoms with van der Waals surface area (Å²) in [5.74, 6) is -1.72. The monoisotopic (exact) mass is 417 g/mol. The number of nitrogens with two attached hydrogens (primary N) is 1. The van der Waals surface area contributed by atoms with Gasteiger partial charge in [0.1, 0.15) is 0 Å². The second-order valence-electron chi connectivity index (χ2n) is 5.50. The Morgan fingerprint density at radius 3 is 2.46 bits per heavy atom. The molecule has 0 aliphatic carbocycles. The van der Waals surface area contributed by atoms with Gasteiger partial charge in [0.2, 0.25) is 0 Å². The summed E-state index contributed by atoms with van der Waals surface area (Å²) < 4.78 is 41.1. The van der Waals surface area contributed by atoms with E-state index in [0.29, 0.717) is 22.7 Å². The molecular weight excluding hydrogens is 403 g/mol. The van der Waals surface area contributed by atoms with E-state index < -0.39 is 12.1 Å². The van der Waals surface area contributed by atoms with Gasteiger partial charge in [0.05, 0.1) is 5.92 Å². The second kappa shape index (κ2) is 7.72. The average Bonchev–Trinajstić information content (AvgIpc) is 2.45. The predicted molar refractivity (Wildman–Crippen MR) is 96.1 cm³/mol. The molecule has 0 radical (unpaired) electrons. The molecule has 0 aromatic heterocycles. The Bertz CT molecular complexity index is 736. The van der Waals surface area contributed by atoms with Gasteiger partial charge >= 0.3 is 6.18 Å². The lowest BCUT2D eigenvalue weighted by Gasteiger charge is -2.18. The van der Waals surface area contributed by atoms with Gasteiger partial charge in [0, 0.05) is 16.0 Å². The molecule has 2 rings (SSSR count). The normalized spacial score (nSPS) is 13.5. The van der Waals surface area contributed by atoms with E-state index in [9.17, 15) is 13.2 Å². The van der Waals surface area contributed by atoms with Crippen LogP contribution in [0, 0.1) is 6.92 Å². The van der Waals surface area contributed by atoms with Crippen molar-refractivity contribution >= 4 is 33.6 Å². The number of allylic oxidation sites excluding steroid dienone is 1. The minimum Gasteiger partial charge on any atom is -0.326 e. The van der Waals surface area contributed by atoms with Crippen LogP contribution in [0.15, 0.2) is 46.9 Å². The topological polar surface area (TPSA) is 26.0 Å². The third-order valence-electron chi connectivity index (χ3n) is 3.55. The van der Waals surface area contributed by atoms with Crippen molar-refractivity contribution in [2.45, 2.75) is 25.6 Å². The van der Waals surface area contributed by atoms with Crippen molar-refractivity contribution < 1.29 is 13.2 Å². The van der Waals surface area contributed by atoms with Crippen molar-refractivity contribution in [1.29, 1.82) is 0 Å². The van der Waals surface area contributed by atoms with E-state index in [0.717, 1.165) is 16.1 Å². The maximum atomic E-state index is 13.4. The summed E-state index contributed by atoms with van der Waals surface area (Å²) in [7, 11) is 0. The fourth-order valence-electron chi connectivity index (χ4n) is 2.39. The molecule has 24 heavy (non-hydrogen) atoms. The van der Waals surface area contributed by atoms with Gasteiger partial charge in [0.15, 0.2) is 0 Å². The molecule has 0 amide bonds. The molecule has 0 bridgehead atoms. The van der Waals surface area contributed by atoms with Gasteiger partial charge in [-0.25, -0.2) is 0 Å². The van der Waals surface area contributed by atoms with Crippen molar-refractivity contribution in [3.8, 4) is 0 Å². The van der Waals surface area contributed by atoms with Crippen LogP contribution < -0.4 is 5.73 Å². The van der Waals surface area contributed by atoms with Crippen LogP contribution in [0.4, 0.5) is 13.2 Å². The first-order valence-electron chi connectivity index (χ1n) is 7.21. The van der Waals surface area contributed by atoms with Gasteiger partial charge in [-0.15, -0.1) is 0 Å². The molecule has 0 aliphatic rings. The Hall–Kier alpha value is -1.30. The molecule has 1 nitrogen and oxygen atoms in total. The van der Waals surface area contributed by atoms with Gasteiger partial charge in [-0.1, -0.05) is 57.9 Å². The van der Waals surface area contributed by atoms with E-state index in [1.54, 1.807) is 31.2 Å². The molecule has 1 atom stereocenters. The first-order valence-corrected chi connectivity index (χ1v) is 8.38. The van der Waals surface area contributed by atoms with E-state index in [4.69, 9.17) is 17.3 Å². The van der Waals surface area contributed by atoms with Gasteiger partial charge in [-0.3, -0.25) is 0 Å². The molecule has 0 heterocycles. The molecule has 6 heteroatoms. The molecule has 0 spiro atoms. The van der Waals surface area contributed by atoms with Crippen molar-refractivity contribution in [2.75, 3.05) is 0 Å². The third kappa shape index (κ3) is 4.85. The summed E-state index contributed by atoms with van der Waals surface area (Å²) >= 11 is 9.27. The molecule has 2 aromatic rings. The Labute approximate surface area is 152 Å². The largest absolute Gasteiger partial charge is 0.399 e. The Morgan fingerprint density at radius 1 is 1.21 bits per heavy atom. The zero-order valence-electron chi connectivity index (χ0n) is 12.9. The number of hydrogen-bond donors (Lipinski definition) is 1. The highest BCUT2D eigenvalue weighted by atomic mass is 79.9. The van der Waals surface area contributed by atoms with E-state index >= 15 is 0 Å². The summed E-state index contributed by atoms with van der Waals surface area (Å²) in [6, 6.07) is 9.75. The second-order valence-corrected chi connectivity index (χ2v) is 6.79. The zero-order valence-corrected chi connectivity index (χ0v) is 15.2. The van der Waals surface area contributed by atoms with Crippen LogP contribution in [-0.2, 0) is 6.54 Å². The summed E-state index contributed by atoms with van der Waals surface area (Å²) in [5, 5.41) is 0.294. The number of benzene rings is 2. The number of rotatable bonds is 4. The van der Waals surface area contributed by atoms with Gasteiger partial charge < -0.3 is 5.73 Å². The standard InChI is InChI=1S/C18H16BrClF3N/c1-11-6-14(9-15(20)7-11)16(18(21,22)23)5-3-12-2-4-13(10-24)17(19)8-12/h2-9,16H,10,24H2,1H3/b5-3+. The number of alkyl halides is 3. The van der Waals surface area contributed by atoms with Gasteiger partial charge in [0.25, 0.3) is 0 Å². The first kappa shape index (κ1) is 19.0. The maximum Gasteiger partial charge on any atom is 0.399 e. The molecule has 0 saturated carbocycles. The van der Waals surface area contributed by atoms with E-state index in [1.165, 1.54) is 18.2 Å². The summed E-state index contributed by atoms with van der Waals surface area (Å²) in [4.78, 5) is 0. The highest BCUT2D eigenvalue weighted by Crippen LogP contribution is 2.37. The Morgan fingerprint density at radius 2 is 1.92 bits per heavy atom. The van der Waals surface area contributed by atoms with E-state index in [1.807, 2.05) is 0 Å². The van der Waals surface area contributed by atoms with Crippen molar-refractivity contribution in [3.63, 3.8) is 0 Å². The van der Waals surface area contributed by atoms with E-state index in [-0.39, 0.29) is 5.56 Å². The van der Waals surface area contributed by atoms with Crippen molar-refractivity contribution in [2.24, 2.45) is 5.73 Å². The summed E-state index contributed by atoms with van der Waals surface area (Å²) in [6.07, 6.45) is -1.80. The lowest BCUT2D eigenvalue weighted by Crippen LogP contribution is -2.19. The number of halogens is 5. The van der Waals surface area contributed by atoms with Crippen LogP contribution >= 0.6 is 27.5 Å². The molecule has 1 unspecified atom stereocenters. The third-order valence-corrected chi connectivity index (χ3v) is 4.51. The smallest absolute Gasteiger partial charge is 0.326 e. The first-order chi connectivity index (χ1) is 11.2. The Balaban J connectivity index is 2.38. The molecule has 0 saturated heterocycles. The fraction of sp³-hybridized carbons (Fsp3) is 0.222. The molecule has 0 aliphatic heterocycles. The van der Waals surface area contributed by atoms with Crippen LogP contribution in [0.2, 0.25) is 5.02 Å². The molecular formula is C18H16BrClF3N. The fourth-order valence-corrected chi connectivity index (χ4v) is 3.25. The summed E-state index contributed by atoms with van der Waals surface area (Å²) in [6.45, 7) is 2.08. The highest BCUT2D eigenvalue weighted by molar-refractivity contribution is 9.10. The maximum absolute atomic E-state index is 13.4. The SMILES string of the molecule is Cc1cc(Cl)cc(C(/C=C/c2ccc(CN)c(Br)c2)C(F)(F)F)c1. The van der Waals surface area contributed by atoms with Gasteiger partial charge in [-0.2, -0.15) is 13.2 Å². The van der Waals surface area contributed by atoms with Crippen LogP contribution in [0.3, 0.4) is 0 Å². The number of aryl methyl sites for hydroxylation is 1. The van der Waals surface area contributed by atoms with E-state index in [2.05, 4.69) is 15.9 Å². The number of hydrogen-bond acceptors (Lipinski definition) is 1. The van der Waals surface area contributed by atoms with Gasteiger partial charge in [-0.05, 0) is 47.4 Å². The molecule has 128 valence electrons. The minimum atomic E-state index is -4.40. The summed E-state index contributed by atoms with van der Waals surface area (Å²) in [5.41, 5.74) is 7.94. The average molecular weight is 419 g/mol. The Kier molecular flexibility index (Phi) is 6.12. The van der Waals surface area contributed by atoms with Crippen molar-refractivity contribution in [3.05, 3.63) is 74.2 Å². The predicted octanol–water partition coefficient (Wildman–Crippen LogP) is 6.23. The lowest BCUT2D eigenvalue weighted by molar-refractivity contribution is -0.139. The van der Waals surface area contributed by atoms with Crippen LogP contribution in [0.5, 0.6) is 0 Å². The van der Waals surface area contributed by atoms with Crippen molar-refractivity contribution in [1.82, 2.24) is 0 Å². The molecule has 2 aromatic carbocycles.